The summed E-state index contributed by atoms with van der Waals surface area (Å²) in [5, 5.41) is 4.86. The smallest absolute Gasteiger partial charge is 0.250 e. The first kappa shape index (κ1) is 25.1. The second-order valence-electron chi connectivity index (χ2n) is 8.00. The Hall–Kier alpha value is -3.98. The van der Waals surface area contributed by atoms with Crippen molar-refractivity contribution in [1.29, 1.82) is 0 Å². The number of imidazole rings is 1. The van der Waals surface area contributed by atoms with Gasteiger partial charge in [0, 0.05) is 5.56 Å². The number of carbonyl (C=O) groups excluding carboxylic acids is 1. The highest BCUT2D eigenvalue weighted by atomic mass is 32.2. The van der Waals surface area contributed by atoms with Crippen molar-refractivity contribution in [3.63, 3.8) is 0 Å². The van der Waals surface area contributed by atoms with E-state index < -0.39 is 0 Å². The van der Waals surface area contributed by atoms with E-state index in [1.165, 1.54) is 29.1 Å². The van der Waals surface area contributed by atoms with E-state index in [4.69, 9.17) is 19.2 Å². The fourth-order valence-electron chi connectivity index (χ4n) is 3.71. The van der Waals surface area contributed by atoms with Gasteiger partial charge in [-0.25, -0.2) is 10.4 Å². The maximum absolute atomic E-state index is 12.5. The molecule has 1 heterocycles. The monoisotopic (exact) mass is 504 g/mol. The molecule has 8 nitrogen and oxygen atoms in total. The van der Waals surface area contributed by atoms with Gasteiger partial charge in [0.25, 0.3) is 5.91 Å². The van der Waals surface area contributed by atoms with Crippen molar-refractivity contribution in [2.24, 2.45) is 5.10 Å². The van der Waals surface area contributed by atoms with Crippen LogP contribution in [0.2, 0.25) is 0 Å². The number of amides is 1. The van der Waals surface area contributed by atoms with Gasteiger partial charge in [0.1, 0.15) is 0 Å². The number of methoxy groups -OCH3 is 3. The van der Waals surface area contributed by atoms with E-state index in [2.05, 4.69) is 46.3 Å². The van der Waals surface area contributed by atoms with E-state index in [0.717, 1.165) is 16.2 Å². The Bertz CT molecular complexity index is 1360. The average Bonchev–Trinajstić information content (AvgIpc) is 3.25. The van der Waals surface area contributed by atoms with Crippen LogP contribution in [-0.4, -0.2) is 48.8 Å². The SMILES string of the molecule is COc1cc(/C=N/NC(=O)CSc2nc3ccccc3n2Cc2ccc(C)cc2)cc(OC)c1OC. The van der Waals surface area contributed by atoms with Crippen LogP contribution in [0.3, 0.4) is 0 Å². The highest BCUT2D eigenvalue weighted by Crippen LogP contribution is 2.37. The number of aromatic nitrogens is 2. The largest absolute Gasteiger partial charge is 0.493 e. The third-order valence-electron chi connectivity index (χ3n) is 5.50. The minimum Gasteiger partial charge on any atom is -0.493 e. The van der Waals surface area contributed by atoms with Crippen LogP contribution < -0.4 is 19.6 Å². The normalized spacial score (nSPS) is 11.1. The summed E-state index contributed by atoms with van der Waals surface area (Å²) in [7, 11) is 4.63. The molecule has 9 heteroatoms. The molecule has 1 amide bonds. The van der Waals surface area contributed by atoms with Crippen LogP contribution >= 0.6 is 11.8 Å². The van der Waals surface area contributed by atoms with Crippen LogP contribution in [0.15, 0.2) is 70.9 Å². The van der Waals surface area contributed by atoms with Gasteiger partial charge in [0.05, 0.1) is 50.9 Å². The Balaban J connectivity index is 1.44. The molecule has 0 aliphatic heterocycles. The molecule has 0 atom stereocenters. The summed E-state index contributed by atoms with van der Waals surface area (Å²) >= 11 is 1.38. The Kier molecular flexibility index (Phi) is 8.12. The highest BCUT2D eigenvalue weighted by molar-refractivity contribution is 7.99. The number of aryl methyl sites for hydroxylation is 1. The lowest BCUT2D eigenvalue weighted by Crippen LogP contribution is -2.20. The lowest BCUT2D eigenvalue weighted by atomic mass is 10.1. The molecule has 186 valence electrons. The summed E-state index contributed by atoms with van der Waals surface area (Å²) in [5.41, 5.74) is 7.58. The molecule has 0 aliphatic carbocycles. The molecule has 36 heavy (non-hydrogen) atoms. The zero-order chi connectivity index (χ0) is 25.5. The van der Waals surface area contributed by atoms with Crippen molar-refractivity contribution in [3.05, 3.63) is 77.4 Å². The maximum Gasteiger partial charge on any atom is 0.250 e. The number of ether oxygens (including phenoxy) is 3. The topological polar surface area (TPSA) is 87.0 Å². The Labute approximate surface area is 214 Å². The van der Waals surface area contributed by atoms with Crippen LogP contribution in [0.1, 0.15) is 16.7 Å². The van der Waals surface area contributed by atoms with Crippen LogP contribution in [0.5, 0.6) is 17.2 Å². The van der Waals surface area contributed by atoms with Crippen LogP contribution in [0, 0.1) is 6.92 Å². The molecule has 4 rings (SSSR count). The average molecular weight is 505 g/mol. The first-order valence-electron chi connectivity index (χ1n) is 11.3. The first-order valence-corrected chi connectivity index (χ1v) is 12.3. The minimum absolute atomic E-state index is 0.170. The summed E-state index contributed by atoms with van der Waals surface area (Å²) in [5.74, 6) is 1.44. The molecule has 0 unspecified atom stereocenters. The Morgan fingerprint density at radius 1 is 1.03 bits per heavy atom. The second kappa shape index (κ2) is 11.6. The van der Waals surface area contributed by atoms with Crippen LogP contribution in [-0.2, 0) is 11.3 Å². The summed E-state index contributed by atoms with van der Waals surface area (Å²) in [6, 6.07) is 19.9. The fraction of sp³-hybridized carbons (Fsp3) is 0.222. The number of benzene rings is 3. The number of nitrogens with zero attached hydrogens (tertiary/aromatic N) is 3. The van der Waals surface area contributed by atoms with Crippen molar-refractivity contribution >= 4 is 34.9 Å². The number of thioether (sulfide) groups is 1. The predicted octanol–water partition coefficient (Wildman–Crippen LogP) is 4.66. The van der Waals surface area contributed by atoms with Gasteiger partial charge < -0.3 is 18.8 Å². The molecule has 0 fully saturated rings. The quantitative estimate of drug-likeness (QED) is 0.192. The van der Waals surface area contributed by atoms with E-state index in [1.807, 2.05) is 24.3 Å². The van der Waals surface area contributed by atoms with E-state index in [9.17, 15) is 4.79 Å². The standard InChI is InChI=1S/C27H28N4O4S/c1-18-9-11-19(12-10-18)16-31-22-8-6-5-7-21(22)29-27(31)36-17-25(32)30-28-15-20-13-23(33-2)26(35-4)24(14-20)34-3/h5-15H,16-17H2,1-4H3,(H,30,32)/b28-15+. The molecule has 0 saturated carbocycles. The number of hydrogen-bond acceptors (Lipinski definition) is 7. The molecule has 1 aromatic heterocycles. The van der Waals surface area contributed by atoms with E-state index >= 15 is 0 Å². The number of carbonyl (C=O) groups is 1. The molecular formula is C27H28N4O4S. The van der Waals surface area contributed by atoms with Gasteiger partial charge in [-0.1, -0.05) is 53.7 Å². The molecule has 0 aliphatic rings. The van der Waals surface area contributed by atoms with E-state index in [0.29, 0.717) is 29.4 Å². The fourth-order valence-corrected chi connectivity index (χ4v) is 4.52. The summed E-state index contributed by atoms with van der Waals surface area (Å²) in [4.78, 5) is 17.3. The second-order valence-corrected chi connectivity index (χ2v) is 8.94. The Morgan fingerprint density at radius 3 is 2.39 bits per heavy atom. The number of para-hydroxylation sites is 2. The van der Waals surface area contributed by atoms with Gasteiger partial charge in [-0.15, -0.1) is 0 Å². The van der Waals surface area contributed by atoms with Crippen molar-refractivity contribution in [2.75, 3.05) is 27.1 Å². The van der Waals surface area contributed by atoms with Crippen molar-refractivity contribution in [3.8, 4) is 17.2 Å². The molecule has 0 spiro atoms. The van der Waals surface area contributed by atoms with Gasteiger partial charge in [-0.2, -0.15) is 5.10 Å². The zero-order valence-corrected chi connectivity index (χ0v) is 21.5. The van der Waals surface area contributed by atoms with E-state index in [1.54, 1.807) is 33.5 Å². The van der Waals surface area contributed by atoms with Gasteiger partial charge in [0.15, 0.2) is 16.7 Å². The number of rotatable bonds is 10. The number of fused-ring (bicyclic) bond motifs is 1. The van der Waals surface area contributed by atoms with Crippen LogP contribution in [0.25, 0.3) is 11.0 Å². The molecule has 0 radical (unpaired) electrons. The molecule has 0 bridgehead atoms. The van der Waals surface area contributed by atoms with Gasteiger partial charge >= 0.3 is 0 Å². The van der Waals surface area contributed by atoms with Crippen molar-refractivity contribution < 1.29 is 19.0 Å². The Morgan fingerprint density at radius 2 is 1.72 bits per heavy atom. The molecule has 4 aromatic rings. The van der Waals surface area contributed by atoms with Gasteiger partial charge in [-0.3, -0.25) is 4.79 Å². The first-order chi connectivity index (χ1) is 17.5. The van der Waals surface area contributed by atoms with Crippen molar-refractivity contribution in [2.45, 2.75) is 18.6 Å². The predicted molar refractivity (Wildman–Crippen MR) is 143 cm³/mol. The lowest BCUT2D eigenvalue weighted by molar-refractivity contribution is -0.118. The van der Waals surface area contributed by atoms with Gasteiger partial charge in [-0.05, 0) is 36.8 Å². The zero-order valence-electron chi connectivity index (χ0n) is 20.6. The van der Waals surface area contributed by atoms with Gasteiger partial charge in [0.2, 0.25) is 5.75 Å². The van der Waals surface area contributed by atoms with E-state index in [-0.39, 0.29) is 11.7 Å². The summed E-state index contributed by atoms with van der Waals surface area (Å²) < 4.78 is 18.2. The minimum atomic E-state index is -0.238. The molecular weight excluding hydrogens is 476 g/mol. The third-order valence-corrected chi connectivity index (χ3v) is 6.48. The third kappa shape index (κ3) is 5.80. The lowest BCUT2D eigenvalue weighted by Gasteiger charge is -2.12. The number of hydrogen-bond donors (Lipinski definition) is 1. The summed E-state index contributed by atoms with van der Waals surface area (Å²) in [6.45, 7) is 2.74. The maximum atomic E-state index is 12.5. The van der Waals surface area contributed by atoms with Crippen LogP contribution in [0.4, 0.5) is 0 Å². The van der Waals surface area contributed by atoms with Crippen molar-refractivity contribution in [1.82, 2.24) is 15.0 Å². The number of nitrogens with one attached hydrogen (secondary N) is 1. The molecule has 0 saturated heterocycles. The highest BCUT2D eigenvalue weighted by Gasteiger charge is 2.14. The number of hydrazone groups is 1. The molecule has 1 N–H and O–H groups in total. The summed E-state index contributed by atoms with van der Waals surface area (Å²) in [6.07, 6.45) is 1.53. The molecule has 3 aromatic carbocycles.